The second kappa shape index (κ2) is 9.49. The number of nitrogens with zero attached hydrogens (tertiary/aromatic N) is 1. The first kappa shape index (κ1) is 27.5. The molecule has 0 atom stereocenters. The smallest absolute Gasteiger partial charge is 0.136 e. The molecule has 0 unspecified atom stereocenters. The van der Waals surface area contributed by atoms with E-state index in [1.165, 1.54) is 60.7 Å². The third-order valence-electron chi connectivity index (χ3n) is 11.3. The number of hydrogen-bond acceptors (Lipinski definition) is 2. The highest BCUT2D eigenvalue weighted by atomic mass is 16.3. The maximum absolute atomic E-state index is 6.44. The molecule has 2 heteroatoms. The van der Waals surface area contributed by atoms with Gasteiger partial charge in [-0.15, -0.1) is 0 Å². The van der Waals surface area contributed by atoms with Crippen LogP contribution in [-0.2, 0) is 10.8 Å². The van der Waals surface area contributed by atoms with Crippen molar-refractivity contribution >= 4 is 49.8 Å². The van der Waals surface area contributed by atoms with E-state index in [-0.39, 0.29) is 10.8 Å². The summed E-state index contributed by atoms with van der Waals surface area (Å²) in [5.74, 6) is 0. The Kier molecular flexibility index (Phi) is 5.44. The van der Waals surface area contributed by atoms with Gasteiger partial charge >= 0.3 is 0 Å². The van der Waals surface area contributed by atoms with E-state index >= 15 is 0 Å². The average Bonchev–Trinajstić information content (AvgIpc) is 3.68. The summed E-state index contributed by atoms with van der Waals surface area (Å²) in [5, 5.41) is 4.73. The normalized spacial score (nSPS) is 15.0. The summed E-state index contributed by atoms with van der Waals surface area (Å²) in [6, 6.07) is 51.4. The minimum atomic E-state index is -0.0984. The van der Waals surface area contributed by atoms with Crippen LogP contribution in [0.15, 0.2) is 144 Å². The summed E-state index contributed by atoms with van der Waals surface area (Å²) in [7, 11) is 0. The van der Waals surface area contributed by atoms with Crippen molar-refractivity contribution in [1.82, 2.24) is 0 Å². The monoisotopic (exact) mass is 617 g/mol. The van der Waals surface area contributed by atoms with Crippen molar-refractivity contribution in [2.45, 2.75) is 38.5 Å². The van der Waals surface area contributed by atoms with E-state index in [1.807, 2.05) is 0 Å². The summed E-state index contributed by atoms with van der Waals surface area (Å²) in [4.78, 5) is 2.45. The second-order valence-electron chi connectivity index (χ2n) is 14.6. The van der Waals surface area contributed by atoms with Gasteiger partial charge in [-0.2, -0.15) is 0 Å². The Bertz CT molecular complexity index is 2530. The number of furan rings is 1. The van der Waals surface area contributed by atoms with Gasteiger partial charge in [0.2, 0.25) is 0 Å². The van der Waals surface area contributed by atoms with Crippen molar-refractivity contribution in [3.8, 4) is 22.3 Å². The largest absolute Gasteiger partial charge is 0.456 e. The van der Waals surface area contributed by atoms with Gasteiger partial charge in [0.25, 0.3) is 0 Å². The molecule has 10 rings (SSSR count). The molecule has 0 radical (unpaired) electrons. The summed E-state index contributed by atoms with van der Waals surface area (Å²) < 4.78 is 6.44. The van der Waals surface area contributed by atoms with Crippen LogP contribution in [0.25, 0.3) is 55.0 Å². The van der Waals surface area contributed by atoms with Crippen molar-refractivity contribution in [2.75, 3.05) is 4.90 Å². The zero-order valence-electron chi connectivity index (χ0n) is 27.6. The highest BCUT2D eigenvalue weighted by molar-refractivity contribution is 6.19. The molecule has 0 saturated carbocycles. The lowest BCUT2D eigenvalue weighted by molar-refractivity contribution is 0.660. The molecule has 7 aromatic carbocycles. The van der Waals surface area contributed by atoms with Crippen LogP contribution < -0.4 is 4.90 Å². The summed E-state index contributed by atoms with van der Waals surface area (Å²) in [6.07, 6.45) is 0. The molecule has 2 nitrogen and oxygen atoms in total. The van der Waals surface area contributed by atoms with E-state index in [0.717, 1.165) is 33.6 Å². The van der Waals surface area contributed by atoms with Gasteiger partial charge in [0.15, 0.2) is 0 Å². The zero-order chi connectivity index (χ0) is 32.4. The minimum Gasteiger partial charge on any atom is -0.456 e. The maximum atomic E-state index is 6.44. The topological polar surface area (TPSA) is 16.4 Å². The fourth-order valence-corrected chi connectivity index (χ4v) is 8.78. The number of fused-ring (bicyclic) bond motifs is 11. The van der Waals surface area contributed by atoms with Crippen LogP contribution in [0.5, 0.6) is 0 Å². The maximum Gasteiger partial charge on any atom is 0.136 e. The molecule has 48 heavy (non-hydrogen) atoms. The van der Waals surface area contributed by atoms with Gasteiger partial charge in [-0.05, 0) is 104 Å². The zero-order valence-corrected chi connectivity index (χ0v) is 27.6. The third kappa shape index (κ3) is 3.63. The standard InChI is InChI=1S/C46H35NO/c1-45(2)38-15-9-7-13-33(38)35-21-18-30(26-40(35)45)47(31-19-22-36-34-14-8-10-16-39(34)46(3,4)41(36)27-31)29-20-24-42-37(25-29)44-32-12-6-5-11-28(32)17-23-43(44)48-42/h5-27H,1-4H3. The quantitative estimate of drug-likeness (QED) is 0.196. The van der Waals surface area contributed by atoms with E-state index in [4.69, 9.17) is 4.42 Å². The van der Waals surface area contributed by atoms with E-state index in [0.29, 0.717) is 0 Å². The molecule has 2 aliphatic rings. The highest BCUT2D eigenvalue weighted by Gasteiger charge is 2.37. The molecule has 230 valence electrons. The van der Waals surface area contributed by atoms with Crippen molar-refractivity contribution in [2.24, 2.45) is 0 Å². The first-order chi connectivity index (χ1) is 23.3. The number of hydrogen-bond donors (Lipinski definition) is 0. The Morgan fingerprint density at radius 1 is 0.417 bits per heavy atom. The Balaban J connectivity index is 1.22. The summed E-state index contributed by atoms with van der Waals surface area (Å²) >= 11 is 0. The SMILES string of the molecule is CC1(C)c2ccccc2-c2ccc(N(c3ccc4c(c3)C(C)(C)c3ccccc3-4)c3ccc4oc5ccc6ccccc6c5c4c3)cc21. The molecule has 1 heterocycles. The van der Waals surface area contributed by atoms with Crippen LogP contribution in [0.3, 0.4) is 0 Å². The predicted octanol–water partition coefficient (Wildman–Crippen LogP) is 12.8. The summed E-state index contributed by atoms with van der Waals surface area (Å²) in [5.41, 5.74) is 15.9. The van der Waals surface area contributed by atoms with Gasteiger partial charge in [0, 0.05) is 38.7 Å². The third-order valence-corrected chi connectivity index (χ3v) is 11.3. The molecule has 0 aliphatic heterocycles. The first-order valence-electron chi connectivity index (χ1n) is 16.9. The van der Waals surface area contributed by atoms with Crippen molar-refractivity contribution in [1.29, 1.82) is 0 Å². The molecular formula is C46H35NO. The van der Waals surface area contributed by atoms with E-state index in [1.54, 1.807) is 0 Å². The van der Waals surface area contributed by atoms with Crippen LogP contribution in [-0.4, -0.2) is 0 Å². The molecule has 0 spiro atoms. The molecule has 2 aliphatic carbocycles. The molecule has 0 amide bonds. The number of anilines is 3. The van der Waals surface area contributed by atoms with E-state index < -0.39 is 0 Å². The van der Waals surface area contributed by atoms with Gasteiger partial charge in [0.1, 0.15) is 11.2 Å². The average molecular weight is 618 g/mol. The second-order valence-corrected chi connectivity index (χ2v) is 14.6. The molecule has 0 fully saturated rings. The van der Waals surface area contributed by atoms with Crippen molar-refractivity contribution in [3.05, 3.63) is 162 Å². The fourth-order valence-electron chi connectivity index (χ4n) is 8.78. The van der Waals surface area contributed by atoms with Gasteiger partial charge < -0.3 is 9.32 Å². The Morgan fingerprint density at radius 2 is 0.917 bits per heavy atom. The highest BCUT2D eigenvalue weighted by Crippen LogP contribution is 2.53. The first-order valence-corrected chi connectivity index (χ1v) is 16.9. The van der Waals surface area contributed by atoms with Crippen LogP contribution in [0, 0.1) is 0 Å². The van der Waals surface area contributed by atoms with Gasteiger partial charge in [-0.25, -0.2) is 0 Å². The molecule has 0 N–H and O–H groups in total. The molecule has 8 aromatic rings. The molecule has 0 bridgehead atoms. The fraction of sp³-hybridized carbons (Fsp3) is 0.130. The minimum absolute atomic E-state index is 0.0984. The molecule has 0 saturated heterocycles. The van der Waals surface area contributed by atoms with Crippen LogP contribution in [0.4, 0.5) is 17.1 Å². The number of benzene rings is 7. The predicted molar refractivity (Wildman–Crippen MR) is 201 cm³/mol. The van der Waals surface area contributed by atoms with Crippen LogP contribution >= 0.6 is 0 Å². The van der Waals surface area contributed by atoms with Crippen molar-refractivity contribution in [3.63, 3.8) is 0 Å². The Morgan fingerprint density at radius 3 is 1.56 bits per heavy atom. The Hall–Kier alpha value is -5.60. The van der Waals surface area contributed by atoms with Gasteiger partial charge in [0.05, 0.1) is 0 Å². The lowest BCUT2D eigenvalue weighted by atomic mass is 9.82. The van der Waals surface area contributed by atoms with Crippen molar-refractivity contribution < 1.29 is 4.42 Å². The van der Waals surface area contributed by atoms with Gasteiger partial charge in [-0.1, -0.05) is 119 Å². The number of rotatable bonds is 3. The summed E-state index contributed by atoms with van der Waals surface area (Å²) in [6.45, 7) is 9.43. The van der Waals surface area contributed by atoms with Crippen LogP contribution in [0.1, 0.15) is 49.9 Å². The molecule has 1 aromatic heterocycles. The lowest BCUT2D eigenvalue weighted by Gasteiger charge is -2.29. The van der Waals surface area contributed by atoms with E-state index in [2.05, 4.69) is 172 Å². The Labute approximate surface area is 280 Å². The van der Waals surface area contributed by atoms with Crippen LogP contribution in [0.2, 0.25) is 0 Å². The lowest BCUT2D eigenvalue weighted by Crippen LogP contribution is -2.18. The van der Waals surface area contributed by atoms with E-state index in [9.17, 15) is 0 Å². The van der Waals surface area contributed by atoms with Gasteiger partial charge in [-0.3, -0.25) is 0 Å². The molecular weight excluding hydrogens is 583 g/mol.